The van der Waals surface area contributed by atoms with Crippen molar-refractivity contribution < 1.29 is 4.79 Å². The third-order valence-electron chi connectivity index (χ3n) is 6.79. The molecule has 1 heterocycles. The number of carbonyl (C=O) groups excluding carboxylic acids is 1. The first-order valence-electron chi connectivity index (χ1n) is 13.5. The number of carbonyl (C=O) groups is 1. The van der Waals surface area contributed by atoms with Gasteiger partial charge in [-0.1, -0.05) is 117 Å². The van der Waals surface area contributed by atoms with E-state index in [4.69, 9.17) is 11.6 Å². The molecule has 7 heteroatoms. The highest BCUT2D eigenvalue weighted by atomic mass is 35.5. The maximum atomic E-state index is 13.8. The lowest BCUT2D eigenvalue weighted by molar-refractivity contribution is -0.115. The second-order valence-electron chi connectivity index (χ2n) is 11.2. The molecule has 5 aromatic rings. The molecule has 1 N–H and O–H groups in total. The van der Waals surface area contributed by atoms with Crippen LogP contribution in [0.2, 0.25) is 5.02 Å². The van der Waals surface area contributed by atoms with Crippen LogP contribution in [0, 0.1) is 13.8 Å². The van der Waals surface area contributed by atoms with E-state index in [0.29, 0.717) is 16.0 Å². The van der Waals surface area contributed by atoms with Crippen LogP contribution in [-0.2, 0) is 10.2 Å². The number of aryl methyl sites for hydroxylation is 2. The van der Waals surface area contributed by atoms with Crippen molar-refractivity contribution in [1.82, 2.24) is 14.8 Å². The molecule has 4 aromatic carbocycles. The molecule has 0 spiro atoms. The number of thioether (sulfide) groups is 1. The number of benzene rings is 4. The number of nitrogens with one attached hydrogen (secondary N) is 1. The molecule has 1 aromatic heterocycles. The largest absolute Gasteiger partial charge is 0.325 e. The average Bonchev–Trinajstić information content (AvgIpc) is 3.34. The smallest absolute Gasteiger partial charge is 0.242 e. The fourth-order valence-electron chi connectivity index (χ4n) is 4.76. The first kappa shape index (κ1) is 28.7. The molecule has 0 aliphatic rings. The minimum Gasteiger partial charge on any atom is -0.325 e. The van der Waals surface area contributed by atoms with Crippen LogP contribution >= 0.6 is 23.4 Å². The lowest BCUT2D eigenvalue weighted by Crippen LogP contribution is -2.19. The van der Waals surface area contributed by atoms with E-state index in [-0.39, 0.29) is 11.3 Å². The molecule has 208 valence electrons. The Morgan fingerprint density at radius 3 is 2.12 bits per heavy atom. The quantitative estimate of drug-likeness (QED) is 0.195. The predicted molar refractivity (Wildman–Crippen MR) is 170 cm³/mol. The molecular formula is C34H33ClN4OS. The SMILES string of the molecule is Cc1cc(C)cc(NC(=O)[C@H](Sc2nnc(-c3ccc(C(C)(C)C)cc3)n2-c2ccccc2Cl)c2ccccc2)c1. The van der Waals surface area contributed by atoms with Gasteiger partial charge >= 0.3 is 0 Å². The summed E-state index contributed by atoms with van der Waals surface area (Å²) in [6.45, 7) is 10.6. The van der Waals surface area contributed by atoms with Gasteiger partial charge in [0.15, 0.2) is 11.0 Å². The summed E-state index contributed by atoms with van der Waals surface area (Å²) in [7, 11) is 0. The van der Waals surface area contributed by atoms with Crippen LogP contribution in [0.25, 0.3) is 17.1 Å². The number of para-hydroxylation sites is 1. The molecule has 0 radical (unpaired) electrons. The molecule has 0 saturated carbocycles. The maximum absolute atomic E-state index is 13.8. The fourth-order valence-corrected chi connectivity index (χ4v) is 6.03. The van der Waals surface area contributed by atoms with Crippen molar-refractivity contribution in [2.45, 2.75) is 50.4 Å². The third-order valence-corrected chi connectivity index (χ3v) is 8.31. The van der Waals surface area contributed by atoms with E-state index >= 15 is 0 Å². The number of anilines is 1. The van der Waals surface area contributed by atoms with Crippen LogP contribution in [0.4, 0.5) is 5.69 Å². The molecule has 5 nitrogen and oxygen atoms in total. The molecule has 0 aliphatic heterocycles. The molecule has 41 heavy (non-hydrogen) atoms. The topological polar surface area (TPSA) is 59.8 Å². The second-order valence-corrected chi connectivity index (χ2v) is 12.7. The molecule has 0 unspecified atom stereocenters. The number of halogens is 1. The Hall–Kier alpha value is -3.87. The molecule has 0 bridgehead atoms. The van der Waals surface area contributed by atoms with Crippen molar-refractivity contribution in [3.05, 3.63) is 124 Å². The van der Waals surface area contributed by atoms with Gasteiger partial charge in [0, 0.05) is 11.3 Å². The van der Waals surface area contributed by atoms with E-state index in [1.807, 2.05) is 85.1 Å². The van der Waals surface area contributed by atoms with Gasteiger partial charge in [-0.3, -0.25) is 9.36 Å². The van der Waals surface area contributed by atoms with Crippen LogP contribution in [-0.4, -0.2) is 20.7 Å². The number of aromatic nitrogens is 3. The van der Waals surface area contributed by atoms with E-state index in [1.165, 1.54) is 17.3 Å². The minimum absolute atomic E-state index is 0.0298. The van der Waals surface area contributed by atoms with Crippen molar-refractivity contribution in [2.24, 2.45) is 0 Å². The van der Waals surface area contributed by atoms with Crippen molar-refractivity contribution in [2.75, 3.05) is 5.32 Å². The zero-order valence-electron chi connectivity index (χ0n) is 23.9. The van der Waals surface area contributed by atoms with Gasteiger partial charge in [-0.15, -0.1) is 10.2 Å². The predicted octanol–water partition coefficient (Wildman–Crippen LogP) is 8.97. The van der Waals surface area contributed by atoms with E-state index in [0.717, 1.165) is 33.6 Å². The summed E-state index contributed by atoms with van der Waals surface area (Å²) >= 11 is 8.07. The number of rotatable bonds is 7. The van der Waals surface area contributed by atoms with Gasteiger partial charge in [0.25, 0.3) is 0 Å². The molecule has 1 atom stereocenters. The van der Waals surface area contributed by atoms with Crippen LogP contribution in [0.5, 0.6) is 0 Å². The molecule has 0 saturated heterocycles. The van der Waals surface area contributed by atoms with Crippen LogP contribution in [0.1, 0.15) is 48.3 Å². The standard InChI is InChI=1S/C34H33ClN4OS/c1-22-19-23(2)21-27(20-22)36-32(40)30(24-11-7-6-8-12-24)41-33-38-37-31(39(33)29-14-10-9-13-28(29)35)25-15-17-26(18-16-25)34(3,4)5/h6-21,30H,1-5H3,(H,36,40)/t30-/m1/s1. The van der Waals surface area contributed by atoms with Crippen molar-refractivity contribution in [1.29, 1.82) is 0 Å². The Kier molecular flexibility index (Phi) is 8.34. The average molecular weight is 581 g/mol. The molecular weight excluding hydrogens is 548 g/mol. The maximum Gasteiger partial charge on any atom is 0.242 e. The summed E-state index contributed by atoms with van der Waals surface area (Å²) in [6.07, 6.45) is 0. The summed E-state index contributed by atoms with van der Waals surface area (Å²) in [6, 6.07) is 31.8. The van der Waals surface area contributed by atoms with Crippen LogP contribution < -0.4 is 5.32 Å². The van der Waals surface area contributed by atoms with Crippen molar-refractivity contribution in [3.8, 4) is 17.1 Å². The number of hydrogen-bond donors (Lipinski definition) is 1. The van der Waals surface area contributed by atoms with Gasteiger partial charge < -0.3 is 5.32 Å². The van der Waals surface area contributed by atoms with Gasteiger partial charge in [0.1, 0.15) is 5.25 Å². The lowest BCUT2D eigenvalue weighted by Gasteiger charge is -2.20. The van der Waals surface area contributed by atoms with Crippen LogP contribution in [0.15, 0.2) is 102 Å². The van der Waals surface area contributed by atoms with Gasteiger partial charge in [-0.05, 0) is 65.8 Å². The number of nitrogens with zero attached hydrogens (tertiary/aromatic N) is 3. The van der Waals surface area contributed by atoms with Crippen molar-refractivity contribution in [3.63, 3.8) is 0 Å². The van der Waals surface area contributed by atoms with E-state index in [9.17, 15) is 4.79 Å². The second kappa shape index (κ2) is 11.9. The summed E-state index contributed by atoms with van der Waals surface area (Å²) in [5, 5.41) is 12.9. The first-order chi connectivity index (χ1) is 19.6. The fraction of sp³-hybridized carbons (Fsp3) is 0.206. The molecule has 0 fully saturated rings. The van der Waals surface area contributed by atoms with Gasteiger partial charge in [-0.25, -0.2) is 0 Å². The molecule has 1 amide bonds. The normalized spacial score (nSPS) is 12.2. The highest BCUT2D eigenvalue weighted by molar-refractivity contribution is 8.00. The van der Waals surface area contributed by atoms with Crippen molar-refractivity contribution >= 4 is 35.0 Å². The number of amides is 1. The van der Waals surface area contributed by atoms with Gasteiger partial charge in [0.2, 0.25) is 5.91 Å². The summed E-state index contributed by atoms with van der Waals surface area (Å²) in [5.41, 5.74) is 6.72. The highest BCUT2D eigenvalue weighted by Crippen LogP contribution is 2.39. The Morgan fingerprint density at radius 1 is 0.854 bits per heavy atom. The molecule has 5 rings (SSSR count). The Bertz CT molecular complexity index is 1650. The lowest BCUT2D eigenvalue weighted by atomic mass is 9.87. The van der Waals surface area contributed by atoms with E-state index < -0.39 is 5.25 Å². The monoisotopic (exact) mass is 580 g/mol. The van der Waals surface area contributed by atoms with E-state index in [1.54, 1.807) is 0 Å². The Balaban J connectivity index is 1.58. The summed E-state index contributed by atoms with van der Waals surface area (Å²) < 4.78 is 1.94. The Morgan fingerprint density at radius 2 is 1.49 bits per heavy atom. The zero-order chi connectivity index (χ0) is 29.1. The van der Waals surface area contributed by atoms with E-state index in [2.05, 4.69) is 66.6 Å². The number of hydrogen-bond acceptors (Lipinski definition) is 4. The Labute approximate surface area is 251 Å². The summed E-state index contributed by atoms with van der Waals surface area (Å²) in [4.78, 5) is 13.8. The van der Waals surface area contributed by atoms with Crippen LogP contribution in [0.3, 0.4) is 0 Å². The third kappa shape index (κ3) is 6.55. The molecule has 0 aliphatic carbocycles. The van der Waals surface area contributed by atoms with Gasteiger partial charge in [-0.2, -0.15) is 0 Å². The zero-order valence-corrected chi connectivity index (χ0v) is 25.4. The first-order valence-corrected chi connectivity index (χ1v) is 14.8. The highest BCUT2D eigenvalue weighted by Gasteiger charge is 2.27. The van der Waals surface area contributed by atoms with Gasteiger partial charge in [0.05, 0.1) is 10.7 Å². The minimum atomic E-state index is -0.585. The summed E-state index contributed by atoms with van der Waals surface area (Å²) in [5.74, 6) is 0.513.